The molecule has 0 aliphatic heterocycles. The summed E-state index contributed by atoms with van der Waals surface area (Å²) in [5, 5.41) is 17.4. The van der Waals surface area contributed by atoms with Gasteiger partial charge in [0.1, 0.15) is 0 Å². The highest BCUT2D eigenvalue weighted by Gasteiger charge is 2.16. The molecule has 1 N–H and O–H groups in total. The highest BCUT2D eigenvalue weighted by atomic mass is 16.4. The largest absolute Gasteiger partial charge is 0.478 e. The number of rotatable bonds is 6. The molecule has 1 rings (SSSR count). The minimum Gasteiger partial charge on any atom is -0.478 e. The van der Waals surface area contributed by atoms with E-state index in [0.717, 1.165) is 6.08 Å². The summed E-state index contributed by atoms with van der Waals surface area (Å²) in [6.07, 6.45) is 2.51. The molecule has 0 fully saturated rings. The summed E-state index contributed by atoms with van der Waals surface area (Å²) in [6.45, 7) is 4.57. The fourth-order valence-electron chi connectivity index (χ4n) is 1.81. The minimum absolute atomic E-state index is 0.131. The fraction of sp³-hybridized carbons (Fsp3) is 0.312. The van der Waals surface area contributed by atoms with Crippen molar-refractivity contribution in [1.82, 2.24) is 4.90 Å². The summed E-state index contributed by atoms with van der Waals surface area (Å²) in [5.41, 5.74) is 1.23. The van der Waals surface area contributed by atoms with Crippen LogP contribution in [0.5, 0.6) is 0 Å². The van der Waals surface area contributed by atoms with Gasteiger partial charge in [-0.25, -0.2) is 4.79 Å². The zero-order valence-corrected chi connectivity index (χ0v) is 12.1. The molecule has 0 spiro atoms. The number of carboxylic acids is 1. The Hall–Kier alpha value is -2.61. The van der Waals surface area contributed by atoms with Crippen molar-refractivity contribution < 1.29 is 14.7 Å². The third kappa shape index (κ3) is 5.11. The maximum absolute atomic E-state index is 12.3. The zero-order valence-electron chi connectivity index (χ0n) is 12.1. The first kappa shape index (κ1) is 16.4. The highest BCUT2D eigenvalue weighted by Crippen LogP contribution is 2.10. The Morgan fingerprint density at radius 3 is 2.48 bits per heavy atom. The van der Waals surface area contributed by atoms with Gasteiger partial charge in [-0.05, 0) is 37.6 Å². The van der Waals surface area contributed by atoms with Gasteiger partial charge in [-0.15, -0.1) is 0 Å². The Balaban J connectivity index is 2.82. The maximum Gasteiger partial charge on any atom is 0.328 e. The number of nitrogens with zero attached hydrogens (tertiary/aromatic N) is 2. The van der Waals surface area contributed by atoms with E-state index in [1.54, 1.807) is 36.1 Å². The van der Waals surface area contributed by atoms with E-state index in [-0.39, 0.29) is 11.8 Å². The van der Waals surface area contributed by atoms with E-state index in [2.05, 4.69) is 6.07 Å². The molecule has 110 valence electrons. The summed E-state index contributed by atoms with van der Waals surface area (Å²) in [6, 6.07) is 8.80. The molecule has 1 atom stereocenters. The molecular formula is C16H18N2O3. The van der Waals surface area contributed by atoms with Crippen molar-refractivity contribution in [1.29, 1.82) is 5.26 Å². The number of hydrogen-bond acceptors (Lipinski definition) is 3. The van der Waals surface area contributed by atoms with Crippen molar-refractivity contribution in [3.8, 4) is 6.07 Å². The number of nitriles is 1. The van der Waals surface area contributed by atoms with Crippen LogP contribution in [0.2, 0.25) is 0 Å². The van der Waals surface area contributed by atoms with Crippen molar-refractivity contribution in [2.24, 2.45) is 5.92 Å². The Labute approximate surface area is 124 Å². The SMILES string of the molecule is CCN(CC(C)C#N)C(=O)c1ccc(C=CC(=O)O)cc1. The molecule has 0 aliphatic carbocycles. The third-order valence-electron chi connectivity index (χ3n) is 2.96. The van der Waals surface area contributed by atoms with Crippen molar-refractivity contribution in [2.75, 3.05) is 13.1 Å². The molecule has 1 unspecified atom stereocenters. The molecule has 21 heavy (non-hydrogen) atoms. The lowest BCUT2D eigenvalue weighted by atomic mass is 10.1. The Morgan fingerprint density at radius 2 is 2.00 bits per heavy atom. The van der Waals surface area contributed by atoms with Gasteiger partial charge in [0, 0.05) is 24.7 Å². The van der Waals surface area contributed by atoms with Crippen LogP contribution in [0, 0.1) is 17.2 Å². The summed E-state index contributed by atoms with van der Waals surface area (Å²) in [4.78, 5) is 24.4. The van der Waals surface area contributed by atoms with E-state index in [4.69, 9.17) is 10.4 Å². The fourth-order valence-corrected chi connectivity index (χ4v) is 1.81. The third-order valence-corrected chi connectivity index (χ3v) is 2.96. The smallest absolute Gasteiger partial charge is 0.328 e. The van der Waals surface area contributed by atoms with E-state index >= 15 is 0 Å². The molecule has 1 amide bonds. The molecule has 5 heteroatoms. The first-order chi connectivity index (χ1) is 9.97. The number of carbonyl (C=O) groups is 2. The van der Waals surface area contributed by atoms with Gasteiger partial charge >= 0.3 is 5.97 Å². The van der Waals surface area contributed by atoms with Crippen LogP contribution in [-0.2, 0) is 4.79 Å². The van der Waals surface area contributed by atoms with Gasteiger partial charge < -0.3 is 10.0 Å². The van der Waals surface area contributed by atoms with Crippen LogP contribution < -0.4 is 0 Å². The lowest BCUT2D eigenvalue weighted by Crippen LogP contribution is -2.34. The van der Waals surface area contributed by atoms with Crippen LogP contribution in [0.15, 0.2) is 30.3 Å². The first-order valence-electron chi connectivity index (χ1n) is 6.67. The lowest BCUT2D eigenvalue weighted by Gasteiger charge is -2.22. The predicted octanol–water partition coefficient (Wildman–Crippen LogP) is 2.41. The van der Waals surface area contributed by atoms with Crippen LogP contribution >= 0.6 is 0 Å². The number of amides is 1. The number of carbonyl (C=O) groups excluding carboxylic acids is 1. The quantitative estimate of drug-likeness (QED) is 0.814. The average molecular weight is 286 g/mol. The summed E-state index contributed by atoms with van der Waals surface area (Å²) < 4.78 is 0. The standard InChI is InChI=1S/C16H18N2O3/c1-3-18(11-12(2)10-17)16(21)14-7-4-13(5-8-14)6-9-15(19)20/h4-9,12H,3,11H2,1-2H3,(H,19,20). The zero-order chi connectivity index (χ0) is 15.8. The molecule has 5 nitrogen and oxygen atoms in total. The molecule has 1 aromatic carbocycles. The van der Waals surface area contributed by atoms with Gasteiger partial charge in [-0.1, -0.05) is 12.1 Å². The number of carboxylic acid groups (broad SMARTS) is 1. The van der Waals surface area contributed by atoms with Gasteiger partial charge in [-0.2, -0.15) is 5.26 Å². The monoisotopic (exact) mass is 286 g/mol. The predicted molar refractivity (Wildman–Crippen MR) is 79.5 cm³/mol. The van der Waals surface area contributed by atoms with Crippen LogP contribution in [0.25, 0.3) is 6.08 Å². The maximum atomic E-state index is 12.3. The Bertz CT molecular complexity index is 570. The number of hydrogen-bond donors (Lipinski definition) is 1. The van der Waals surface area contributed by atoms with Gasteiger partial charge in [0.05, 0.1) is 12.0 Å². The van der Waals surface area contributed by atoms with Crippen molar-refractivity contribution in [3.05, 3.63) is 41.5 Å². The van der Waals surface area contributed by atoms with E-state index in [9.17, 15) is 9.59 Å². The average Bonchev–Trinajstić information content (AvgIpc) is 2.50. The van der Waals surface area contributed by atoms with Crippen molar-refractivity contribution in [3.63, 3.8) is 0 Å². The van der Waals surface area contributed by atoms with E-state index in [0.29, 0.717) is 24.2 Å². The van der Waals surface area contributed by atoms with E-state index in [1.165, 1.54) is 6.08 Å². The second-order valence-corrected chi connectivity index (χ2v) is 4.67. The van der Waals surface area contributed by atoms with Crippen LogP contribution in [-0.4, -0.2) is 35.0 Å². The van der Waals surface area contributed by atoms with Gasteiger partial charge in [0.15, 0.2) is 0 Å². The molecule has 0 saturated carbocycles. The Morgan fingerprint density at radius 1 is 1.38 bits per heavy atom. The minimum atomic E-state index is -1.02. The van der Waals surface area contributed by atoms with E-state index in [1.807, 2.05) is 6.92 Å². The normalized spacial score (nSPS) is 11.9. The molecule has 0 aromatic heterocycles. The second-order valence-electron chi connectivity index (χ2n) is 4.67. The van der Waals surface area contributed by atoms with Gasteiger partial charge in [0.2, 0.25) is 0 Å². The van der Waals surface area contributed by atoms with Gasteiger partial charge in [-0.3, -0.25) is 4.79 Å². The molecule has 0 bridgehead atoms. The summed E-state index contributed by atoms with van der Waals surface area (Å²) in [7, 11) is 0. The van der Waals surface area contributed by atoms with Crippen molar-refractivity contribution >= 4 is 18.0 Å². The molecular weight excluding hydrogens is 268 g/mol. The molecule has 0 heterocycles. The van der Waals surface area contributed by atoms with E-state index < -0.39 is 5.97 Å². The molecule has 1 aromatic rings. The number of benzene rings is 1. The van der Waals surface area contributed by atoms with Gasteiger partial charge in [0.25, 0.3) is 5.91 Å². The Kier molecular flexibility index (Phi) is 6.15. The molecule has 0 saturated heterocycles. The lowest BCUT2D eigenvalue weighted by molar-refractivity contribution is -0.131. The number of aliphatic carboxylic acids is 1. The highest BCUT2D eigenvalue weighted by molar-refractivity contribution is 5.94. The summed E-state index contributed by atoms with van der Waals surface area (Å²) >= 11 is 0. The molecule has 0 aliphatic rings. The van der Waals surface area contributed by atoms with Crippen LogP contribution in [0.3, 0.4) is 0 Å². The van der Waals surface area contributed by atoms with Crippen LogP contribution in [0.4, 0.5) is 0 Å². The molecule has 0 radical (unpaired) electrons. The van der Waals surface area contributed by atoms with Crippen LogP contribution in [0.1, 0.15) is 29.8 Å². The van der Waals surface area contributed by atoms with Crippen molar-refractivity contribution in [2.45, 2.75) is 13.8 Å². The first-order valence-corrected chi connectivity index (χ1v) is 6.67. The second kappa shape index (κ2) is 7.85. The summed E-state index contributed by atoms with van der Waals surface area (Å²) in [5.74, 6) is -1.36. The topological polar surface area (TPSA) is 81.4 Å².